The van der Waals surface area contributed by atoms with Crippen molar-refractivity contribution in [2.75, 3.05) is 32.1 Å². The van der Waals surface area contributed by atoms with E-state index in [9.17, 15) is 9.90 Å². The van der Waals surface area contributed by atoms with E-state index in [1.807, 2.05) is 44.1 Å². The number of benzene rings is 1. The molecule has 0 spiro atoms. The highest BCUT2D eigenvalue weighted by Crippen LogP contribution is 2.17. The maximum Gasteiger partial charge on any atom is 0.317 e. The van der Waals surface area contributed by atoms with Crippen LogP contribution in [-0.2, 0) is 6.54 Å². The molecule has 0 saturated carbocycles. The second-order valence-electron chi connectivity index (χ2n) is 6.00. The maximum atomic E-state index is 12.1. The van der Waals surface area contributed by atoms with Gasteiger partial charge in [0.05, 0.1) is 6.10 Å². The summed E-state index contributed by atoms with van der Waals surface area (Å²) in [4.78, 5) is 15.9. The third kappa shape index (κ3) is 4.11. The minimum atomic E-state index is -0.415. The lowest BCUT2D eigenvalue weighted by molar-refractivity contribution is 0.0435. The van der Waals surface area contributed by atoms with Gasteiger partial charge in [-0.05, 0) is 30.0 Å². The highest BCUT2D eigenvalue weighted by Gasteiger charge is 2.26. The first-order chi connectivity index (χ1) is 9.97. The molecule has 0 aromatic heterocycles. The topological polar surface area (TPSA) is 55.8 Å². The van der Waals surface area contributed by atoms with Crippen LogP contribution in [0.4, 0.5) is 10.5 Å². The number of anilines is 1. The van der Waals surface area contributed by atoms with Crippen LogP contribution in [0.25, 0.3) is 0 Å². The third-order valence-electron chi connectivity index (χ3n) is 4.08. The predicted octanol–water partition coefficient (Wildman–Crippen LogP) is 1.66. The Morgan fingerprint density at radius 1 is 1.48 bits per heavy atom. The smallest absolute Gasteiger partial charge is 0.317 e. The van der Waals surface area contributed by atoms with Crippen molar-refractivity contribution in [3.63, 3.8) is 0 Å². The Morgan fingerprint density at radius 2 is 2.24 bits per heavy atom. The van der Waals surface area contributed by atoms with Gasteiger partial charge in [-0.15, -0.1) is 0 Å². The molecule has 1 aliphatic heterocycles. The molecule has 2 unspecified atom stereocenters. The van der Waals surface area contributed by atoms with Crippen molar-refractivity contribution >= 4 is 11.7 Å². The van der Waals surface area contributed by atoms with E-state index in [0.717, 1.165) is 17.7 Å². The molecule has 116 valence electrons. The van der Waals surface area contributed by atoms with Gasteiger partial charge in [0.2, 0.25) is 0 Å². The SMILES string of the molecule is CC1CCN(C(=O)NCc2cccc(N(C)C)c2)CC1O. The van der Waals surface area contributed by atoms with E-state index in [2.05, 4.69) is 11.4 Å². The van der Waals surface area contributed by atoms with Gasteiger partial charge in [-0.1, -0.05) is 19.1 Å². The van der Waals surface area contributed by atoms with Gasteiger partial charge in [-0.25, -0.2) is 4.79 Å². The molecule has 2 atom stereocenters. The van der Waals surface area contributed by atoms with Gasteiger partial charge in [-0.3, -0.25) is 0 Å². The molecule has 0 aliphatic carbocycles. The Bertz CT molecular complexity index is 490. The van der Waals surface area contributed by atoms with E-state index >= 15 is 0 Å². The summed E-state index contributed by atoms with van der Waals surface area (Å²) in [5.41, 5.74) is 2.18. The number of piperidine rings is 1. The highest BCUT2D eigenvalue weighted by molar-refractivity contribution is 5.74. The number of carbonyl (C=O) groups excluding carboxylic acids is 1. The molecule has 2 rings (SSSR count). The van der Waals surface area contributed by atoms with Crippen molar-refractivity contribution in [3.8, 4) is 0 Å². The summed E-state index contributed by atoms with van der Waals surface area (Å²) >= 11 is 0. The van der Waals surface area contributed by atoms with E-state index in [0.29, 0.717) is 19.6 Å². The van der Waals surface area contributed by atoms with E-state index in [-0.39, 0.29) is 11.9 Å². The Labute approximate surface area is 126 Å². The van der Waals surface area contributed by atoms with Gasteiger partial charge in [0.1, 0.15) is 0 Å². The van der Waals surface area contributed by atoms with Gasteiger partial charge in [0, 0.05) is 39.4 Å². The molecular formula is C16H25N3O2. The minimum Gasteiger partial charge on any atom is -0.391 e. The predicted molar refractivity (Wildman–Crippen MR) is 84.4 cm³/mol. The summed E-state index contributed by atoms with van der Waals surface area (Å²) in [6, 6.07) is 7.99. The lowest BCUT2D eigenvalue weighted by atomic mass is 9.96. The Balaban J connectivity index is 1.88. The summed E-state index contributed by atoms with van der Waals surface area (Å²) in [5.74, 6) is 0.269. The normalized spacial score (nSPS) is 22.0. The number of urea groups is 1. The number of nitrogens with zero attached hydrogens (tertiary/aromatic N) is 2. The first kappa shape index (κ1) is 15.6. The number of hydrogen-bond donors (Lipinski definition) is 2. The fraction of sp³-hybridized carbons (Fsp3) is 0.562. The van der Waals surface area contributed by atoms with E-state index in [1.165, 1.54) is 0 Å². The molecule has 1 aromatic carbocycles. The molecule has 0 bridgehead atoms. The zero-order valence-electron chi connectivity index (χ0n) is 13.0. The molecule has 0 radical (unpaired) electrons. The van der Waals surface area contributed by atoms with Crippen LogP contribution in [-0.4, -0.2) is 49.3 Å². The van der Waals surface area contributed by atoms with Crippen molar-refractivity contribution in [2.24, 2.45) is 5.92 Å². The molecule has 1 aromatic rings. The van der Waals surface area contributed by atoms with Gasteiger partial charge < -0.3 is 20.2 Å². The molecule has 5 heteroatoms. The van der Waals surface area contributed by atoms with Crippen molar-refractivity contribution in [1.82, 2.24) is 10.2 Å². The fourth-order valence-electron chi connectivity index (χ4n) is 2.47. The highest BCUT2D eigenvalue weighted by atomic mass is 16.3. The van der Waals surface area contributed by atoms with Crippen LogP contribution in [0.3, 0.4) is 0 Å². The standard InChI is InChI=1S/C16H25N3O2/c1-12-7-8-19(11-15(12)20)16(21)17-10-13-5-4-6-14(9-13)18(2)3/h4-6,9,12,15,20H,7-8,10-11H2,1-3H3,(H,17,21). The molecule has 1 heterocycles. The summed E-state index contributed by atoms with van der Waals surface area (Å²) in [5, 5.41) is 12.8. The Hall–Kier alpha value is -1.75. The van der Waals surface area contributed by atoms with Crippen molar-refractivity contribution < 1.29 is 9.90 Å². The summed E-state index contributed by atoms with van der Waals surface area (Å²) < 4.78 is 0. The summed E-state index contributed by atoms with van der Waals surface area (Å²) in [6.45, 7) is 3.65. The van der Waals surface area contributed by atoms with Crippen LogP contribution in [0.5, 0.6) is 0 Å². The third-order valence-corrected chi connectivity index (χ3v) is 4.08. The van der Waals surface area contributed by atoms with Crippen LogP contribution in [0.15, 0.2) is 24.3 Å². The van der Waals surface area contributed by atoms with Crippen molar-refractivity contribution in [2.45, 2.75) is 26.0 Å². The number of hydrogen-bond acceptors (Lipinski definition) is 3. The van der Waals surface area contributed by atoms with E-state index < -0.39 is 6.10 Å². The number of amides is 2. The lowest BCUT2D eigenvalue weighted by Crippen LogP contribution is -2.49. The molecular weight excluding hydrogens is 266 g/mol. The average Bonchev–Trinajstić information content (AvgIpc) is 2.48. The van der Waals surface area contributed by atoms with Gasteiger partial charge >= 0.3 is 6.03 Å². The molecule has 21 heavy (non-hydrogen) atoms. The fourth-order valence-corrected chi connectivity index (χ4v) is 2.47. The monoisotopic (exact) mass is 291 g/mol. The second kappa shape index (κ2) is 6.80. The molecule has 5 nitrogen and oxygen atoms in total. The Kier molecular flexibility index (Phi) is 5.07. The summed E-state index contributed by atoms with van der Waals surface area (Å²) in [6.07, 6.45) is 0.437. The van der Waals surface area contributed by atoms with Crippen molar-refractivity contribution in [1.29, 1.82) is 0 Å². The van der Waals surface area contributed by atoms with Gasteiger partial charge in [-0.2, -0.15) is 0 Å². The van der Waals surface area contributed by atoms with E-state index in [1.54, 1.807) is 4.90 Å². The molecule has 1 saturated heterocycles. The zero-order valence-corrected chi connectivity index (χ0v) is 13.0. The van der Waals surface area contributed by atoms with Gasteiger partial charge in [0.25, 0.3) is 0 Å². The zero-order chi connectivity index (χ0) is 15.4. The lowest BCUT2D eigenvalue weighted by Gasteiger charge is -2.34. The first-order valence-corrected chi connectivity index (χ1v) is 7.44. The van der Waals surface area contributed by atoms with Crippen LogP contribution in [0.2, 0.25) is 0 Å². The van der Waals surface area contributed by atoms with Gasteiger partial charge in [0.15, 0.2) is 0 Å². The van der Waals surface area contributed by atoms with Crippen LogP contribution in [0, 0.1) is 5.92 Å². The van der Waals surface area contributed by atoms with Crippen LogP contribution >= 0.6 is 0 Å². The number of carbonyl (C=O) groups is 1. The summed E-state index contributed by atoms with van der Waals surface area (Å²) in [7, 11) is 3.99. The minimum absolute atomic E-state index is 0.101. The quantitative estimate of drug-likeness (QED) is 0.890. The Morgan fingerprint density at radius 3 is 2.90 bits per heavy atom. The largest absolute Gasteiger partial charge is 0.391 e. The van der Waals surface area contributed by atoms with Crippen LogP contribution in [0.1, 0.15) is 18.9 Å². The van der Waals surface area contributed by atoms with Crippen molar-refractivity contribution in [3.05, 3.63) is 29.8 Å². The number of rotatable bonds is 3. The first-order valence-electron chi connectivity index (χ1n) is 7.44. The molecule has 2 amide bonds. The number of likely N-dealkylation sites (tertiary alicyclic amines) is 1. The number of nitrogens with one attached hydrogen (secondary N) is 1. The van der Waals surface area contributed by atoms with E-state index in [4.69, 9.17) is 0 Å². The van der Waals surface area contributed by atoms with Crippen LogP contribution < -0.4 is 10.2 Å². The molecule has 2 N–H and O–H groups in total. The average molecular weight is 291 g/mol. The maximum absolute atomic E-state index is 12.1. The number of aliphatic hydroxyl groups excluding tert-OH is 1. The number of β-amino-alcohol motifs (C(OH)–C–C–N with tert-alkyl or cyclic N) is 1. The molecule has 1 aliphatic rings. The molecule has 1 fully saturated rings. The number of aliphatic hydroxyl groups is 1. The second-order valence-corrected chi connectivity index (χ2v) is 6.00.